The van der Waals surface area contributed by atoms with Gasteiger partial charge in [0.15, 0.2) is 0 Å². The Kier molecular flexibility index (Phi) is 6.46. The molecule has 2 heterocycles. The highest BCUT2D eigenvalue weighted by molar-refractivity contribution is 5.66. The molecule has 1 aliphatic rings. The van der Waals surface area contributed by atoms with Crippen molar-refractivity contribution in [2.75, 3.05) is 0 Å². The van der Waals surface area contributed by atoms with E-state index in [2.05, 4.69) is 51.7 Å². The first-order valence-electron chi connectivity index (χ1n) is 10.5. The zero-order chi connectivity index (χ0) is 21.6. The molecule has 0 amide bonds. The van der Waals surface area contributed by atoms with Crippen LogP contribution in [0.1, 0.15) is 48.7 Å². The number of halogens is 1. The number of aromatic nitrogens is 3. The molecule has 0 bridgehead atoms. The second kappa shape index (κ2) is 9.60. The van der Waals surface area contributed by atoms with Crippen molar-refractivity contribution in [2.45, 2.75) is 44.6 Å². The molecule has 4 rings (SSSR count). The van der Waals surface area contributed by atoms with E-state index in [-0.39, 0.29) is 11.7 Å². The Bertz CT molecular complexity index is 1090. The molecule has 0 spiro atoms. The van der Waals surface area contributed by atoms with Gasteiger partial charge in [-0.25, -0.2) is 4.39 Å². The van der Waals surface area contributed by atoms with Crippen LogP contribution in [0, 0.1) is 5.82 Å². The lowest BCUT2D eigenvalue weighted by Crippen LogP contribution is -2.04. The second-order valence-corrected chi connectivity index (χ2v) is 7.95. The third-order valence-corrected chi connectivity index (χ3v) is 5.41. The fourth-order valence-electron chi connectivity index (χ4n) is 3.57. The number of nitrogens with zero attached hydrogens (tertiary/aromatic N) is 5. The summed E-state index contributed by atoms with van der Waals surface area (Å²) in [7, 11) is 0. The van der Waals surface area contributed by atoms with Gasteiger partial charge in [0.2, 0.25) is 0 Å². The number of aliphatic imine (C=N–C) groups is 2. The van der Waals surface area contributed by atoms with Crippen LogP contribution in [-0.2, 0) is 12.8 Å². The van der Waals surface area contributed by atoms with Crippen molar-refractivity contribution in [3.8, 4) is 11.1 Å². The van der Waals surface area contributed by atoms with Gasteiger partial charge in [-0.3, -0.25) is 19.7 Å². The van der Waals surface area contributed by atoms with Crippen LogP contribution in [0.25, 0.3) is 11.1 Å². The number of hydrogen-bond acceptors (Lipinski definition) is 4. The smallest absolute Gasteiger partial charge is 0.123 e. The third-order valence-electron chi connectivity index (χ3n) is 5.41. The molecule has 2 aromatic heterocycles. The van der Waals surface area contributed by atoms with Gasteiger partial charge < -0.3 is 0 Å². The molecule has 1 atom stereocenters. The zero-order valence-electron chi connectivity index (χ0n) is 17.7. The van der Waals surface area contributed by atoms with E-state index < -0.39 is 0 Å². The number of hydrogen-bond donors (Lipinski definition) is 0. The molecular weight excluding hydrogens is 389 g/mol. The first kappa shape index (κ1) is 20.8. The van der Waals surface area contributed by atoms with Crippen molar-refractivity contribution in [3.63, 3.8) is 0 Å². The van der Waals surface area contributed by atoms with Crippen LogP contribution in [-0.4, -0.2) is 27.7 Å². The molecule has 0 aliphatic heterocycles. The minimum Gasteiger partial charge on any atom is -0.271 e. The van der Waals surface area contributed by atoms with Crippen LogP contribution in [0.2, 0.25) is 0 Å². The Morgan fingerprint density at radius 1 is 1.16 bits per heavy atom. The van der Waals surface area contributed by atoms with E-state index in [4.69, 9.17) is 4.98 Å². The zero-order valence-corrected chi connectivity index (χ0v) is 17.7. The fourth-order valence-corrected chi connectivity index (χ4v) is 3.57. The van der Waals surface area contributed by atoms with Crippen LogP contribution in [0.5, 0.6) is 0 Å². The number of pyridine rings is 1. The summed E-state index contributed by atoms with van der Waals surface area (Å²) in [5.41, 5.74) is 5.25. The lowest BCUT2D eigenvalue weighted by atomic mass is 9.94. The third kappa shape index (κ3) is 5.60. The average Bonchev–Trinajstić information content (AvgIpc) is 3.50. The van der Waals surface area contributed by atoms with Gasteiger partial charge >= 0.3 is 0 Å². The van der Waals surface area contributed by atoms with Crippen LogP contribution >= 0.6 is 0 Å². The normalized spacial score (nSPS) is 15.0. The van der Waals surface area contributed by atoms with E-state index in [1.54, 1.807) is 12.4 Å². The second-order valence-electron chi connectivity index (χ2n) is 7.95. The highest BCUT2D eigenvalue weighted by Crippen LogP contribution is 2.35. The molecule has 31 heavy (non-hydrogen) atoms. The predicted octanol–water partition coefficient (Wildman–Crippen LogP) is 5.55. The average molecular weight is 416 g/mol. The molecule has 1 aromatic carbocycles. The first-order valence-corrected chi connectivity index (χ1v) is 10.5. The summed E-state index contributed by atoms with van der Waals surface area (Å²) >= 11 is 0. The van der Waals surface area contributed by atoms with Gasteiger partial charge in [-0.1, -0.05) is 19.1 Å². The SMILES string of the molecule is C=N/C=C\N=CCc1cc(-c2cnn(C3CC3)c2)cc(C[C@@H](C)c2ccc(F)cc2)n1. The quantitative estimate of drug-likeness (QED) is 0.430. The molecule has 0 N–H and O–H groups in total. The van der Waals surface area contributed by atoms with E-state index in [0.717, 1.165) is 34.5 Å². The maximum Gasteiger partial charge on any atom is 0.123 e. The summed E-state index contributed by atoms with van der Waals surface area (Å²) in [5.74, 6) is 0.00618. The molecule has 0 unspecified atom stereocenters. The predicted molar refractivity (Wildman–Crippen MR) is 123 cm³/mol. The molecule has 5 nitrogen and oxygen atoms in total. The Hall–Kier alpha value is -3.41. The van der Waals surface area contributed by atoms with Gasteiger partial charge in [-0.2, -0.15) is 5.10 Å². The summed E-state index contributed by atoms with van der Waals surface area (Å²) in [5, 5.41) is 4.54. The van der Waals surface area contributed by atoms with Gasteiger partial charge in [0.25, 0.3) is 0 Å². The minimum atomic E-state index is -0.217. The van der Waals surface area contributed by atoms with Crippen LogP contribution in [0.3, 0.4) is 0 Å². The largest absolute Gasteiger partial charge is 0.271 e. The van der Waals surface area contributed by atoms with Gasteiger partial charge in [0.1, 0.15) is 5.82 Å². The van der Waals surface area contributed by atoms with E-state index >= 15 is 0 Å². The summed E-state index contributed by atoms with van der Waals surface area (Å²) < 4.78 is 15.3. The Morgan fingerprint density at radius 3 is 2.68 bits per heavy atom. The summed E-state index contributed by atoms with van der Waals surface area (Å²) in [4.78, 5) is 12.7. The molecule has 1 aliphatic carbocycles. The molecule has 158 valence electrons. The Labute approximate surface area is 182 Å². The highest BCUT2D eigenvalue weighted by atomic mass is 19.1. The fraction of sp³-hybridized carbons (Fsp3) is 0.280. The summed E-state index contributed by atoms with van der Waals surface area (Å²) in [6, 6.07) is 11.5. The van der Waals surface area contributed by atoms with E-state index in [9.17, 15) is 4.39 Å². The highest BCUT2D eigenvalue weighted by Gasteiger charge is 2.24. The lowest BCUT2D eigenvalue weighted by molar-refractivity contribution is 0.625. The van der Waals surface area contributed by atoms with Crippen LogP contribution in [0.15, 0.2) is 71.2 Å². The maximum atomic E-state index is 13.3. The number of rotatable bonds is 9. The standard InChI is InChI=1S/C25H26FN5/c1-18(19-3-5-22(26)6-4-19)13-24-15-20(21-16-29-31(17-21)25-7-8-25)14-23(30-24)9-10-28-12-11-27-2/h3-6,10-12,14-18,25H,2,7-9,13H2,1H3/b12-11-,28-10?/t18-/m1/s1. The molecule has 1 fully saturated rings. The minimum absolute atomic E-state index is 0.217. The topological polar surface area (TPSA) is 55.4 Å². The van der Waals surface area contributed by atoms with Gasteiger partial charge in [0.05, 0.1) is 12.2 Å². The van der Waals surface area contributed by atoms with Crippen LogP contribution in [0.4, 0.5) is 4.39 Å². The lowest BCUT2D eigenvalue weighted by Gasteiger charge is -2.13. The maximum absolute atomic E-state index is 13.3. The Morgan fingerprint density at radius 2 is 1.94 bits per heavy atom. The van der Waals surface area contributed by atoms with Gasteiger partial charge in [0, 0.05) is 48.2 Å². The van der Waals surface area contributed by atoms with Crippen molar-refractivity contribution in [1.82, 2.24) is 14.8 Å². The molecule has 6 heteroatoms. The van der Waals surface area contributed by atoms with E-state index in [1.165, 1.54) is 25.0 Å². The van der Waals surface area contributed by atoms with Crippen molar-refractivity contribution < 1.29 is 4.39 Å². The molecule has 0 radical (unpaired) electrons. The number of benzene rings is 1. The molecule has 0 saturated heterocycles. The summed E-state index contributed by atoms with van der Waals surface area (Å²) in [6.45, 7) is 5.54. The molecular formula is C25H26FN5. The van der Waals surface area contributed by atoms with E-state index in [1.807, 2.05) is 24.5 Å². The van der Waals surface area contributed by atoms with Crippen molar-refractivity contribution in [2.24, 2.45) is 9.98 Å². The Balaban J connectivity index is 1.59. The molecule has 1 saturated carbocycles. The van der Waals surface area contributed by atoms with Crippen molar-refractivity contribution in [3.05, 3.63) is 84.0 Å². The monoisotopic (exact) mass is 415 g/mol. The summed E-state index contributed by atoms with van der Waals surface area (Å²) in [6.07, 6.45) is 12.8. The van der Waals surface area contributed by atoms with Crippen LogP contribution < -0.4 is 0 Å². The van der Waals surface area contributed by atoms with Gasteiger partial charge in [-0.15, -0.1) is 0 Å². The first-order chi connectivity index (χ1) is 15.1. The van der Waals surface area contributed by atoms with Crippen molar-refractivity contribution >= 4 is 12.9 Å². The molecule has 3 aromatic rings. The van der Waals surface area contributed by atoms with Gasteiger partial charge in [-0.05, 0) is 67.3 Å². The van der Waals surface area contributed by atoms with E-state index in [0.29, 0.717) is 12.5 Å². The van der Waals surface area contributed by atoms with Crippen molar-refractivity contribution in [1.29, 1.82) is 0 Å².